The fraction of sp³-hybridized carbons (Fsp3) is 0.0625. The van der Waals surface area contributed by atoms with Gasteiger partial charge in [-0.05, 0) is 24.3 Å². The number of hydrogen-bond donors (Lipinski definition) is 3. The van der Waals surface area contributed by atoms with Gasteiger partial charge in [-0.3, -0.25) is 14.4 Å². The third-order valence-corrected chi connectivity index (χ3v) is 3.12. The summed E-state index contributed by atoms with van der Waals surface area (Å²) in [5, 5.41) is 7.58. The maximum atomic E-state index is 11.7. The Kier molecular flexibility index (Phi) is 5.71. The van der Waals surface area contributed by atoms with Crippen LogP contribution in [0.3, 0.4) is 0 Å². The summed E-state index contributed by atoms with van der Waals surface area (Å²) in [5.74, 6) is -2.23. The summed E-state index contributed by atoms with van der Waals surface area (Å²) in [6, 6.07) is 15.2. The molecule has 23 heavy (non-hydrogen) atoms. The van der Waals surface area contributed by atoms with Gasteiger partial charge in [-0.25, -0.2) is 0 Å². The Labute approximate surface area is 137 Å². The van der Waals surface area contributed by atoms with Gasteiger partial charge in [-0.1, -0.05) is 41.9 Å². The summed E-state index contributed by atoms with van der Waals surface area (Å²) in [5.41, 5.74) is 0.926. The van der Waals surface area contributed by atoms with E-state index in [1.54, 1.807) is 54.6 Å². The molecule has 0 fully saturated rings. The molecule has 0 aromatic heterocycles. The van der Waals surface area contributed by atoms with Gasteiger partial charge in [0.2, 0.25) is 5.91 Å². The van der Waals surface area contributed by atoms with Gasteiger partial charge < -0.3 is 16.0 Å². The topological polar surface area (TPSA) is 87.3 Å². The minimum absolute atomic E-state index is 0.341. The van der Waals surface area contributed by atoms with E-state index in [0.717, 1.165) is 0 Å². The number of benzene rings is 2. The van der Waals surface area contributed by atoms with Crippen LogP contribution >= 0.6 is 11.6 Å². The predicted octanol–water partition coefficient (Wildman–Crippen LogP) is 2.03. The van der Waals surface area contributed by atoms with Crippen LogP contribution in [-0.4, -0.2) is 24.3 Å². The first-order valence-electron chi connectivity index (χ1n) is 6.75. The van der Waals surface area contributed by atoms with Crippen molar-refractivity contribution in [3.8, 4) is 0 Å². The summed E-state index contributed by atoms with van der Waals surface area (Å²) in [7, 11) is 0. The van der Waals surface area contributed by atoms with Crippen LogP contribution in [0.5, 0.6) is 0 Å². The summed E-state index contributed by atoms with van der Waals surface area (Å²) >= 11 is 5.91. The van der Waals surface area contributed by atoms with Gasteiger partial charge in [0.25, 0.3) is 0 Å². The van der Waals surface area contributed by atoms with Gasteiger partial charge in [0.05, 0.1) is 17.3 Å². The van der Waals surface area contributed by atoms with Crippen LogP contribution in [0.4, 0.5) is 11.4 Å². The molecule has 0 saturated heterocycles. The maximum absolute atomic E-state index is 11.7. The van der Waals surface area contributed by atoms with E-state index in [1.165, 1.54) is 0 Å². The van der Waals surface area contributed by atoms with Crippen molar-refractivity contribution in [3.63, 3.8) is 0 Å². The molecule has 0 spiro atoms. The standard InChI is InChI=1S/C16H14ClN3O3/c17-12-8-4-5-9-13(12)20-14(21)10-18-15(22)16(23)19-11-6-2-1-3-7-11/h1-9H,10H2,(H,18,22)(H,19,23)(H,20,21). The van der Waals surface area contributed by atoms with Crippen molar-refractivity contribution in [2.24, 2.45) is 0 Å². The molecule has 0 atom stereocenters. The lowest BCUT2D eigenvalue weighted by Crippen LogP contribution is -2.39. The highest BCUT2D eigenvalue weighted by Crippen LogP contribution is 2.19. The van der Waals surface area contributed by atoms with E-state index in [0.29, 0.717) is 16.4 Å². The molecule has 0 bridgehead atoms. The number of nitrogens with one attached hydrogen (secondary N) is 3. The molecule has 7 heteroatoms. The maximum Gasteiger partial charge on any atom is 0.313 e. The first-order chi connectivity index (χ1) is 11.1. The molecule has 0 aliphatic rings. The Balaban J connectivity index is 1.81. The fourth-order valence-corrected chi connectivity index (χ4v) is 1.89. The van der Waals surface area contributed by atoms with Crippen molar-refractivity contribution in [2.75, 3.05) is 17.2 Å². The fourth-order valence-electron chi connectivity index (χ4n) is 1.71. The Bertz CT molecular complexity index is 720. The second-order valence-corrected chi connectivity index (χ2v) is 4.94. The van der Waals surface area contributed by atoms with Crippen LogP contribution in [0.15, 0.2) is 54.6 Å². The Morgan fingerprint density at radius 2 is 1.48 bits per heavy atom. The smallest absolute Gasteiger partial charge is 0.313 e. The lowest BCUT2D eigenvalue weighted by Gasteiger charge is -2.08. The molecule has 0 unspecified atom stereocenters. The van der Waals surface area contributed by atoms with Crippen LogP contribution < -0.4 is 16.0 Å². The number of carbonyl (C=O) groups is 3. The van der Waals surface area contributed by atoms with E-state index in [2.05, 4.69) is 16.0 Å². The lowest BCUT2D eigenvalue weighted by molar-refractivity contribution is -0.136. The van der Waals surface area contributed by atoms with Crippen LogP contribution in [0.25, 0.3) is 0 Å². The van der Waals surface area contributed by atoms with E-state index in [4.69, 9.17) is 11.6 Å². The quantitative estimate of drug-likeness (QED) is 0.749. The first kappa shape index (κ1) is 16.5. The zero-order valence-corrected chi connectivity index (χ0v) is 12.8. The van der Waals surface area contributed by atoms with Crippen LogP contribution in [0.2, 0.25) is 5.02 Å². The van der Waals surface area contributed by atoms with Gasteiger partial charge in [0, 0.05) is 5.69 Å². The second kappa shape index (κ2) is 7.95. The predicted molar refractivity (Wildman–Crippen MR) is 88.2 cm³/mol. The van der Waals surface area contributed by atoms with E-state index in [-0.39, 0.29) is 6.54 Å². The highest BCUT2D eigenvalue weighted by Gasteiger charge is 2.15. The van der Waals surface area contributed by atoms with Crippen molar-refractivity contribution in [2.45, 2.75) is 0 Å². The first-order valence-corrected chi connectivity index (χ1v) is 7.12. The Morgan fingerprint density at radius 3 is 2.17 bits per heavy atom. The molecule has 6 nitrogen and oxygen atoms in total. The average Bonchev–Trinajstić information content (AvgIpc) is 2.55. The number of rotatable bonds is 4. The van der Waals surface area contributed by atoms with Gasteiger partial charge >= 0.3 is 11.8 Å². The average molecular weight is 332 g/mol. The number of para-hydroxylation sites is 2. The highest BCUT2D eigenvalue weighted by molar-refractivity contribution is 6.40. The summed E-state index contributed by atoms with van der Waals surface area (Å²) in [4.78, 5) is 35.0. The normalized spacial score (nSPS) is 9.78. The zero-order valence-electron chi connectivity index (χ0n) is 12.0. The molecule has 0 heterocycles. The Morgan fingerprint density at radius 1 is 0.826 bits per heavy atom. The zero-order chi connectivity index (χ0) is 16.7. The van der Waals surface area contributed by atoms with Crippen molar-refractivity contribution in [1.29, 1.82) is 0 Å². The number of amides is 3. The van der Waals surface area contributed by atoms with Crippen molar-refractivity contribution < 1.29 is 14.4 Å². The monoisotopic (exact) mass is 331 g/mol. The SMILES string of the molecule is O=C(CNC(=O)C(=O)Nc1ccccc1)Nc1ccccc1Cl. The third-order valence-electron chi connectivity index (χ3n) is 2.80. The number of carbonyl (C=O) groups excluding carboxylic acids is 3. The van der Waals surface area contributed by atoms with Gasteiger partial charge in [-0.2, -0.15) is 0 Å². The summed E-state index contributed by atoms with van der Waals surface area (Å²) < 4.78 is 0. The minimum Gasteiger partial charge on any atom is -0.339 e. The molecule has 3 N–H and O–H groups in total. The van der Waals surface area contributed by atoms with E-state index in [1.807, 2.05) is 0 Å². The highest BCUT2D eigenvalue weighted by atomic mass is 35.5. The lowest BCUT2D eigenvalue weighted by atomic mass is 10.3. The van der Waals surface area contributed by atoms with Crippen LogP contribution in [0, 0.1) is 0 Å². The summed E-state index contributed by atoms with van der Waals surface area (Å²) in [6.07, 6.45) is 0. The number of hydrogen-bond acceptors (Lipinski definition) is 3. The van der Waals surface area contributed by atoms with E-state index in [9.17, 15) is 14.4 Å². The van der Waals surface area contributed by atoms with Crippen molar-refractivity contribution in [3.05, 3.63) is 59.6 Å². The molecule has 0 radical (unpaired) electrons. The Hall–Kier alpha value is -2.86. The van der Waals surface area contributed by atoms with Crippen LogP contribution in [-0.2, 0) is 14.4 Å². The summed E-state index contributed by atoms with van der Waals surface area (Å²) in [6.45, 7) is -0.341. The molecular weight excluding hydrogens is 318 g/mol. The number of halogens is 1. The third kappa shape index (κ3) is 5.12. The molecule has 2 rings (SSSR count). The van der Waals surface area contributed by atoms with Gasteiger partial charge in [-0.15, -0.1) is 0 Å². The molecular formula is C16H14ClN3O3. The molecule has 3 amide bonds. The molecule has 0 aliphatic heterocycles. The minimum atomic E-state index is -0.900. The number of anilines is 2. The van der Waals surface area contributed by atoms with Crippen molar-refractivity contribution in [1.82, 2.24) is 5.32 Å². The molecule has 2 aromatic rings. The molecule has 118 valence electrons. The van der Waals surface area contributed by atoms with Crippen molar-refractivity contribution >= 4 is 40.7 Å². The largest absolute Gasteiger partial charge is 0.339 e. The van der Waals surface area contributed by atoms with Gasteiger partial charge in [0.15, 0.2) is 0 Å². The van der Waals surface area contributed by atoms with Gasteiger partial charge in [0.1, 0.15) is 0 Å². The molecule has 0 saturated carbocycles. The van der Waals surface area contributed by atoms with Crippen LogP contribution in [0.1, 0.15) is 0 Å². The molecule has 2 aromatic carbocycles. The molecule has 0 aliphatic carbocycles. The van der Waals surface area contributed by atoms with E-state index < -0.39 is 17.7 Å². The second-order valence-electron chi connectivity index (χ2n) is 4.53. The van der Waals surface area contributed by atoms with E-state index >= 15 is 0 Å².